The van der Waals surface area contributed by atoms with Gasteiger partial charge in [0.2, 0.25) is 0 Å². The molecule has 0 amide bonds. The van der Waals surface area contributed by atoms with Crippen LogP contribution in [-0.4, -0.2) is 28.4 Å². The van der Waals surface area contributed by atoms with Crippen LogP contribution >= 0.6 is 7.60 Å². The van der Waals surface area contributed by atoms with E-state index >= 15 is 0 Å². The minimum Gasteiger partial charge on any atom is -0.481 e. The van der Waals surface area contributed by atoms with E-state index in [0.717, 1.165) is 5.56 Å². The van der Waals surface area contributed by atoms with E-state index in [9.17, 15) is 14.3 Å². The van der Waals surface area contributed by atoms with Gasteiger partial charge in [0.05, 0.1) is 12.1 Å². The van der Waals surface area contributed by atoms with Crippen molar-refractivity contribution in [3.8, 4) is 0 Å². The number of hydrogen-bond donors (Lipinski definition) is 3. The van der Waals surface area contributed by atoms with E-state index < -0.39 is 31.9 Å². The summed E-state index contributed by atoms with van der Waals surface area (Å²) in [5.74, 6) is -2.02. The van der Waals surface area contributed by atoms with Crippen molar-refractivity contribution in [3.05, 3.63) is 35.9 Å². The van der Waals surface area contributed by atoms with Crippen LogP contribution in [0.4, 0.5) is 0 Å². The van der Waals surface area contributed by atoms with Crippen LogP contribution in [0.15, 0.2) is 30.3 Å². The summed E-state index contributed by atoms with van der Waals surface area (Å²) in [4.78, 5) is 20.6. The second kappa shape index (κ2) is 7.55. The van der Waals surface area contributed by atoms with E-state index in [1.165, 1.54) is 0 Å². The maximum atomic E-state index is 11.9. The Kier molecular flexibility index (Phi) is 6.36. The normalized spacial score (nSPS) is 17.1. The number of aliphatic carboxylic acids is 1. The average Bonchev–Trinajstić information content (AvgIpc) is 2.36. The number of carboxylic acid groups (broad SMARTS) is 1. The van der Waals surface area contributed by atoms with Crippen LogP contribution in [0, 0.1) is 5.92 Å². The van der Waals surface area contributed by atoms with Gasteiger partial charge in [0, 0.05) is 6.42 Å². The van der Waals surface area contributed by atoms with Gasteiger partial charge in [-0.05, 0) is 12.0 Å². The molecule has 0 saturated carbocycles. The number of hydrogen-bond acceptors (Lipinski definition) is 4. The van der Waals surface area contributed by atoms with Crippen molar-refractivity contribution in [1.29, 1.82) is 0 Å². The fraction of sp³-hybridized carbons (Fsp3) is 0.462. The molecule has 1 aromatic rings. The van der Waals surface area contributed by atoms with Gasteiger partial charge in [0.1, 0.15) is 6.23 Å². The largest absolute Gasteiger partial charge is 0.481 e. The lowest BCUT2D eigenvalue weighted by Gasteiger charge is -2.20. The first-order valence-corrected chi connectivity index (χ1v) is 8.13. The molecule has 0 aromatic heterocycles. The molecular formula is C13H20NO5P. The maximum Gasteiger partial charge on any atom is 0.330 e. The van der Waals surface area contributed by atoms with Crippen LogP contribution in [0.1, 0.15) is 18.9 Å². The monoisotopic (exact) mass is 301 g/mol. The Hall–Kier alpha value is -1.20. The highest BCUT2D eigenvalue weighted by molar-refractivity contribution is 7.52. The zero-order valence-electron chi connectivity index (χ0n) is 11.3. The summed E-state index contributed by atoms with van der Waals surface area (Å²) < 4.78 is 16.8. The molecule has 6 nitrogen and oxygen atoms in total. The Morgan fingerprint density at radius 3 is 2.50 bits per heavy atom. The Bertz CT molecular complexity index is 479. The van der Waals surface area contributed by atoms with Gasteiger partial charge in [-0.2, -0.15) is 0 Å². The highest BCUT2D eigenvalue weighted by Crippen LogP contribution is 2.45. The van der Waals surface area contributed by atoms with Crippen molar-refractivity contribution in [2.75, 3.05) is 6.16 Å². The van der Waals surface area contributed by atoms with Crippen LogP contribution in [-0.2, 0) is 20.3 Å². The third-order valence-electron chi connectivity index (χ3n) is 2.87. The molecule has 4 N–H and O–H groups in total. The fourth-order valence-electron chi connectivity index (χ4n) is 1.80. The Morgan fingerprint density at radius 2 is 2.00 bits per heavy atom. The van der Waals surface area contributed by atoms with Gasteiger partial charge in [0.25, 0.3) is 0 Å². The van der Waals surface area contributed by atoms with Gasteiger partial charge >= 0.3 is 13.6 Å². The molecular weight excluding hydrogens is 281 g/mol. The number of rotatable bonds is 8. The molecule has 0 radical (unpaired) electrons. The van der Waals surface area contributed by atoms with E-state index in [-0.39, 0.29) is 12.8 Å². The first-order chi connectivity index (χ1) is 9.34. The molecule has 112 valence electrons. The summed E-state index contributed by atoms with van der Waals surface area (Å²) in [7, 11) is -4.02. The van der Waals surface area contributed by atoms with Crippen molar-refractivity contribution in [2.45, 2.75) is 26.0 Å². The van der Waals surface area contributed by atoms with Crippen molar-refractivity contribution >= 4 is 13.6 Å². The minimum atomic E-state index is -4.02. The van der Waals surface area contributed by atoms with Gasteiger partial charge in [-0.1, -0.05) is 37.3 Å². The van der Waals surface area contributed by atoms with E-state index in [0.29, 0.717) is 0 Å². The number of carboxylic acids is 1. The van der Waals surface area contributed by atoms with Crippen LogP contribution < -0.4 is 5.73 Å². The molecule has 0 aliphatic rings. The zero-order chi connectivity index (χ0) is 15.2. The molecule has 0 spiro atoms. The van der Waals surface area contributed by atoms with Crippen LogP contribution in [0.2, 0.25) is 0 Å². The lowest BCUT2D eigenvalue weighted by molar-refractivity contribution is -0.141. The molecule has 0 bridgehead atoms. The van der Waals surface area contributed by atoms with Crippen LogP contribution in [0.5, 0.6) is 0 Å². The Balaban J connectivity index is 2.57. The second-order valence-corrected chi connectivity index (χ2v) is 6.45. The Morgan fingerprint density at radius 1 is 1.40 bits per heavy atom. The molecule has 0 aliphatic heterocycles. The van der Waals surface area contributed by atoms with Crippen molar-refractivity contribution in [2.24, 2.45) is 11.7 Å². The van der Waals surface area contributed by atoms with E-state index in [4.69, 9.17) is 15.4 Å². The van der Waals surface area contributed by atoms with Crippen molar-refractivity contribution in [3.63, 3.8) is 0 Å². The molecule has 7 heteroatoms. The first-order valence-electron chi connectivity index (χ1n) is 6.36. The average molecular weight is 301 g/mol. The first kappa shape index (κ1) is 16.9. The third-order valence-corrected chi connectivity index (χ3v) is 4.38. The van der Waals surface area contributed by atoms with Crippen molar-refractivity contribution in [1.82, 2.24) is 0 Å². The number of carbonyl (C=O) groups is 1. The predicted molar refractivity (Wildman–Crippen MR) is 75.3 cm³/mol. The van der Waals surface area contributed by atoms with Gasteiger partial charge < -0.3 is 15.7 Å². The highest BCUT2D eigenvalue weighted by atomic mass is 31.2. The highest BCUT2D eigenvalue weighted by Gasteiger charge is 2.30. The van der Waals surface area contributed by atoms with Gasteiger partial charge in [-0.15, -0.1) is 0 Å². The van der Waals surface area contributed by atoms with Crippen molar-refractivity contribution < 1.29 is 23.9 Å². The van der Waals surface area contributed by atoms with Gasteiger partial charge in [0.15, 0.2) is 0 Å². The second-order valence-electron chi connectivity index (χ2n) is 4.60. The molecule has 3 atom stereocenters. The summed E-state index contributed by atoms with van der Waals surface area (Å²) in [6.07, 6.45) is -0.826. The van der Waals surface area contributed by atoms with Gasteiger partial charge in [-0.3, -0.25) is 13.9 Å². The quantitative estimate of drug-likeness (QED) is 0.499. The molecule has 0 aliphatic carbocycles. The Labute approximate surface area is 118 Å². The summed E-state index contributed by atoms with van der Waals surface area (Å²) >= 11 is 0. The summed E-state index contributed by atoms with van der Waals surface area (Å²) in [5.41, 5.74) is 6.56. The summed E-state index contributed by atoms with van der Waals surface area (Å²) in [6.45, 7) is 1.64. The standard InChI is InChI=1S/C13H20NO5P/c1-2-11(13(15)16)9-20(17,18)19-12(14)8-10-6-4-3-5-7-10/h3-7,11-12H,2,8-9,14H2,1H3,(H,15,16)(H,17,18)/t11?,12-/m1/s1. The molecule has 1 rings (SSSR count). The number of nitrogens with two attached hydrogens (primary N) is 1. The molecule has 2 unspecified atom stereocenters. The zero-order valence-corrected chi connectivity index (χ0v) is 12.2. The topological polar surface area (TPSA) is 110 Å². The molecule has 0 heterocycles. The van der Waals surface area contributed by atoms with E-state index in [2.05, 4.69) is 0 Å². The lowest BCUT2D eigenvalue weighted by Crippen LogP contribution is -2.27. The molecule has 0 fully saturated rings. The number of benzene rings is 1. The maximum absolute atomic E-state index is 11.9. The molecule has 0 saturated heterocycles. The summed E-state index contributed by atoms with van der Waals surface area (Å²) in [6, 6.07) is 9.18. The van der Waals surface area contributed by atoms with Crippen LogP contribution in [0.3, 0.4) is 0 Å². The minimum absolute atomic E-state index is 0.261. The van der Waals surface area contributed by atoms with E-state index in [1.807, 2.05) is 30.3 Å². The van der Waals surface area contributed by atoms with E-state index in [1.54, 1.807) is 6.92 Å². The predicted octanol–water partition coefficient (Wildman–Crippen LogP) is 1.83. The SMILES string of the molecule is CCC(CP(=O)(O)O[C@@H](N)Cc1ccccc1)C(=O)O. The van der Waals surface area contributed by atoms with Crippen LogP contribution in [0.25, 0.3) is 0 Å². The third kappa shape index (κ3) is 5.84. The summed E-state index contributed by atoms with van der Waals surface area (Å²) in [5, 5.41) is 8.89. The fourth-order valence-corrected chi connectivity index (χ4v) is 3.35. The van der Waals surface area contributed by atoms with Gasteiger partial charge in [-0.25, -0.2) is 0 Å². The smallest absolute Gasteiger partial charge is 0.330 e. The lowest BCUT2D eigenvalue weighted by atomic mass is 10.1. The molecule has 1 aromatic carbocycles. The molecule has 20 heavy (non-hydrogen) atoms.